The van der Waals surface area contributed by atoms with Gasteiger partial charge in [-0.1, -0.05) is 24.3 Å². The number of carbonyl (C=O) groups excluding carboxylic acids is 1. The molecular weight excluding hydrogens is 184 g/mol. The van der Waals surface area contributed by atoms with Gasteiger partial charge < -0.3 is 0 Å². The molecular formula is C14H14O. The van der Waals surface area contributed by atoms with Crippen molar-refractivity contribution in [2.24, 2.45) is 34.5 Å². The predicted octanol–water partition coefficient (Wildman–Crippen LogP) is 2.34. The molecule has 6 unspecified atom stereocenters. The highest BCUT2D eigenvalue weighted by atomic mass is 16.1. The first-order valence-electron chi connectivity index (χ1n) is 6.17. The van der Waals surface area contributed by atoms with Crippen LogP contribution in [0.4, 0.5) is 0 Å². The van der Waals surface area contributed by atoms with Gasteiger partial charge in [-0.2, -0.15) is 0 Å². The summed E-state index contributed by atoms with van der Waals surface area (Å²) in [6, 6.07) is 0. The van der Waals surface area contributed by atoms with Gasteiger partial charge in [0.15, 0.2) is 0 Å². The molecule has 0 aliphatic heterocycles. The van der Waals surface area contributed by atoms with Crippen LogP contribution < -0.4 is 0 Å². The van der Waals surface area contributed by atoms with Gasteiger partial charge in [0.05, 0.1) is 0 Å². The average Bonchev–Trinajstić information content (AvgIpc) is 2.77. The first kappa shape index (κ1) is 7.43. The Kier molecular flexibility index (Phi) is 0.875. The number of hydrogen-bond donors (Lipinski definition) is 0. The Morgan fingerprint density at radius 3 is 2.87 bits per heavy atom. The number of rotatable bonds is 0. The molecule has 1 heteroatoms. The number of ketones is 1. The number of hydrogen-bond acceptors (Lipinski definition) is 1. The number of Topliss-reactive ketones (excluding diaryl/α,β-unsaturated/α-hetero) is 1. The maximum Gasteiger partial charge on any atom is 0.137 e. The number of carbonyl (C=O) groups is 1. The topological polar surface area (TPSA) is 17.1 Å². The molecule has 0 N–H and O–H groups in total. The zero-order chi connectivity index (χ0) is 9.84. The van der Waals surface area contributed by atoms with Crippen molar-refractivity contribution < 1.29 is 4.79 Å². The first-order chi connectivity index (χ1) is 7.31. The fourth-order valence-electron chi connectivity index (χ4n) is 5.98. The molecule has 2 spiro atoms. The lowest BCUT2D eigenvalue weighted by molar-refractivity contribution is -0.123. The molecule has 6 aliphatic rings. The fourth-order valence-corrected chi connectivity index (χ4v) is 5.98. The first-order valence-corrected chi connectivity index (χ1v) is 6.17. The van der Waals surface area contributed by atoms with Gasteiger partial charge in [-0.05, 0) is 41.4 Å². The van der Waals surface area contributed by atoms with Crippen molar-refractivity contribution >= 4 is 5.78 Å². The van der Waals surface area contributed by atoms with Crippen molar-refractivity contribution in [1.29, 1.82) is 0 Å². The van der Waals surface area contributed by atoms with Crippen LogP contribution in [0.5, 0.6) is 0 Å². The van der Waals surface area contributed by atoms with E-state index in [4.69, 9.17) is 0 Å². The normalized spacial score (nSPS) is 66.0. The molecule has 6 atom stereocenters. The summed E-state index contributed by atoms with van der Waals surface area (Å²) in [5.41, 5.74) is 0.938. The predicted molar refractivity (Wildman–Crippen MR) is 56.0 cm³/mol. The summed E-state index contributed by atoms with van der Waals surface area (Å²) >= 11 is 0. The van der Waals surface area contributed by atoms with Gasteiger partial charge in [0.25, 0.3) is 0 Å². The van der Waals surface area contributed by atoms with Crippen LogP contribution in [0.3, 0.4) is 0 Å². The molecule has 0 saturated heterocycles. The van der Waals surface area contributed by atoms with Gasteiger partial charge in [-0.15, -0.1) is 0 Å². The molecule has 3 fully saturated rings. The average molecular weight is 198 g/mol. The van der Waals surface area contributed by atoms with Gasteiger partial charge in [-0.3, -0.25) is 4.79 Å². The SMILES string of the molecule is O=C1CC23CC=CCC24C2C=CC3C1C24. The Labute approximate surface area is 89.2 Å². The quantitative estimate of drug-likeness (QED) is 0.546. The largest absolute Gasteiger partial charge is 0.299 e. The molecule has 0 aromatic carbocycles. The number of allylic oxidation sites excluding steroid dienone is 4. The summed E-state index contributed by atoms with van der Waals surface area (Å²) in [5.74, 6) is 3.15. The third-order valence-electron chi connectivity index (χ3n) is 6.30. The van der Waals surface area contributed by atoms with Crippen LogP contribution in [0.25, 0.3) is 0 Å². The summed E-state index contributed by atoms with van der Waals surface area (Å²) in [6.45, 7) is 0. The lowest BCUT2D eigenvalue weighted by atomic mass is 9.59. The highest BCUT2D eigenvalue weighted by Crippen LogP contribution is 2.89. The second kappa shape index (κ2) is 1.77. The third kappa shape index (κ3) is 0.467. The fraction of sp³-hybridized carbons (Fsp3) is 0.643. The van der Waals surface area contributed by atoms with Gasteiger partial charge in [0.1, 0.15) is 5.78 Å². The molecule has 15 heavy (non-hydrogen) atoms. The van der Waals surface area contributed by atoms with Crippen molar-refractivity contribution in [3.8, 4) is 0 Å². The zero-order valence-corrected chi connectivity index (χ0v) is 8.65. The third-order valence-corrected chi connectivity index (χ3v) is 6.30. The van der Waals surface area contributed by atoms with Crippen molar-refractivity contribution in [3.05, 3.63) is 24.3 Å². The van der Waals surface area contributed by atoms with Crippen LogP contribution >= 0.6 is 0 Å². The molecule has 1 nitrogen and oxygen atoms in total. The molecule has 6 rings (SSSR count). The summed E-state index contributed by atoms with van der Waals surface area (Å²) in [6.07, 6.45) is 12.9. The second-order valence-corrected chi connectivity index (χ2v) is 6.21. The lowest BCUT2D eigenvalue weighted by Crippen LogP contribution is -2.38. The molecule has 0 heterocycles. The molecule has 0 radical (unpaired) electrons. The van der Waals surface area contributed by atoms with E-state index < -0.39 is 0 Å². The summed E-state index contributed by atoms with van der Waals surface area (Å²) in [4.78, 5) is 12.1. The molecule has 0 aromatic rings. The zero-order valence-electron chi connectivity index (χ0n) is 8.65. The van der Waals surface area contributed by atoms with Crippen molar-refractivity contribution in [2.75, 3.05) is 0 Å². The maximum atomic E-state index is 12.1. The molecule has 3 saturated carbocycles. The molecule has 0 amide bonds. The summed E-state index contributed by atoms with van der Waals surface area (Å²) < 4.78 is 0. The van der Waals surface area contributed by atoms with Crippen molar-refractivity contribution in [1.82, 2.24) is 0 Å². The molecule has 6 bridgehead atoms. The van der Waals surface area contributed by atoms with Gasteiger partial charge in [-0.25, -0.2) is 0 Å². The minimum Gasteiger partial charge on any atom is -0.299 e. The van der Waals surface area contributed by atoms with Gasteiger partial charge in [0, 0.05) is 12.3 Å². The second-order valence-electron chi connectivity index (χ2n) is 6.21. The highest BCUT2D eigenvalue weighted by molar-refractivity contribution is 5.89. The van der Waals surface area contributed by atoms with E-state index in [0.717, 1.165) is 18.3 Å². The molecule has 6 aliphatic carbocycles. The Balaban J connectivity index is 1.86. The Morgan fingerprint density at radius 2 is 1.93 bits per heavy atom. The van der Waals surface area contributed by atoms with E-state index >= 15 is 0 Å². The maximum absolute atomic E-state index is 12.1. The Hall–Kier alpha value is -0.850. The van der Waals surface area contributed by atoms with Crippen LogP contribution in [0, 0.1) is 34.5 Å². The molecule has 76 valence electrons. The van der Waals surface area contributed by atoms with Crippen LogP contribution in [0.15, 0.2) is 24.3 Å². The van der Waals surface area contributed by atoms with E-state index in [1.54, 1.807) is 0 Å². The minimum atomic E-state index is 0.383. The minimum absolute atomic E-state index is 0.383. The van der Waals surface area contributed by atoms with Crippen LogP contribution in [0.2, 0.25) is 0 Å². The van der Waals surface area contributed by atoms with Gasteiger partial charge in [0.2, 0.25) is 0 Å². The van der Waals surface area contributed by atoms with Gasteiger partial charge >= 0.3 is 0 Å². The van der Waals surface area contributed by atoms with E-state index in [2.05, 4.69) is 24.3 Å². The van der Waals surface area contributed by atoms with E-state index in [9.17, 15) is 4.79 Å². The van der Waals surface area contributed by atoms with E-state index in [1.807, 2.05) is 0 Å². The van der Waals surface area contributed by atoms with Crippen LogP contribution in [-0.2, 0) is 4.79 Å². The highest BCUT2D eigenvalue weighted by Gasteiger charge is 2.87. The van der Waals surface area contributed by atoms with Crippen molar-refractivity contribution in [3.63, 3.8) is 0 Å². The summed E-state index contributed by atoms with van der Waals surface area (Å²) in [7, 11) is 0. The van der Waals surface area contributed by atoms with E-state index in [-0.39, 0.29) is 0 Å². The Morgan fingerprint density at radius 1 is 1.13 bits per heavy atom. The lowest BCUT2D eigenvalue weighted by Gasteiger charge is -2.44. The summed E-state index contributed by atoms with van der Waals surface area (Å²) in [5, 5.41) is 0. The van der Waals surface area contributed by atoms with Crippen LogP contribution in [-0.4, -0.2) is 5.78 Å². The molecule has 0 aromatic heterocycles. The van der Waals surface area contributed by atoms with Crippen molar-refractivity contribution in [2.45, 2.75) is 19.3 Å². The van der Waals surface area contributed by atoms with E-state index in [1.165, 1.54) is 12.8 Å². The monoisotopic (exact) mass is 198 g/mol. The Bertz CT molecular complexity index is 460. The smallest absolute Gasteiger partial charge is 0.137 e. The van der Waals surface area contributed by atoms with Crippen LogP contribution in [0.1, 0.15) is 19.3 Å². The van der Waals surface area contributed by atoms with E-state index in [0.29, 0.717) is 28.4 Å². The standard InChI is InChI=1S/C14H14O/c15-10-7-13-5-1-2-6-14(13)9-4-3-8(13)11(10)12(9)14/h1-4,8-9,11-12H,5-7H2.